The molecule has 0 nitrogen and oxygen atoms in total. The van der Waals surface area contributed by atoms with Gasteiger partial charge in [0.25, 0.3) is 0 Å². The highest BCUT2D eigenvalue weighted by atomic mass is 127. The molecule has 1 aliphatic rings. The van der Waals surface area contributed by atoms with Crippen LogP contribution in [-0.4, -0.2) is 0 Å². The van der Waals surface area contributed by atoms with Crippen molar-refractivity contribution in [2.45, 2.75) is 32.6 Å². The largest absolute Gasteiger partial charge is 0.0804 e. The highest BCUT2D eigenvalue weighted by Gasteiger charge is 2.27. The zero-order chi connectivity index (χ0) is 15.7. The van der Waals surface area contributed by atoms with Crippen molar-refractivity contribution >= 4 is 22.6 Å². The van der Waals surface area contributed by atoms with Crippen molar-refractivity contribution in [2.24, 2.45) is 0 Å². The van der Waals surface area contributed by atoms with Crippen LogP contribution in [0.2, 0.25) is 0 Å². The van der Waals surface area contributed by atoms with Gasteiger partial charge in [-0.1, -0.05) is 66.6 Å². The maximum atomic E-state index is 2.40. The van der Waals surface area contributed by atoms with Gasteiger partial charge in [0.2, 0.25) is 0 Å². The molecule has 0 saturated heterocycles. The first-order valence-electron chi connectivity index (χ1n) is 7.71. The third kappa shape index (κ3) is 3.05. The van der Waals surface area contributed by atoms with Crippen molar-refractivity contribution < 1.29 is 0 Å². The summed E-state index contributed by atoms with van der Waals surface area (Å²) in [6, 6.07) is 15.7. The Kier molecular flexibility index (Phi) is 4.26. The van der Waals surface area contributed by atoms with Crippen molar-refractivity contribution in [3.63, 3.8) is 0 Å². The molecule has 2 aromatic rings. The van der Waals surface area contributed by atoms with Crippen molar-refractivity contribution in [1.82, 2.24) is 0 Å². The van der Waals surface area contributed by atoms with Gasteiger partial charge in [-0.15, -0.1) is 0 Å². The molecular weight excluding hydrogens is 379 g/mol. The Bertz CT molecular complexity index is 750. The summed E-state index contributed by atoms with van der Waals surface area (Å²) >= 11 is 2.40. The maximum Gasteiger partial charge on any atom is 0.0147 e. The molecule has 0 N–H and O–H groups in total. The van der Waals surface area contributed by atoms with E-state index in [1.165, 1.54) is 31.4 Å². The summed E-state index contributed by atoms with van der Waals surface area (Å²) in [4.78, 5) is 0. The van der Waals surface area contributed by atoms with Crippen LogP contribution in [0.1, 0.15) is 31.4 Å². The van der Waals surface area contributed by atoms with Crippen LogP contribution in [0.4, 0.5) is 0 Å². The molecule has 0 spiro atoms. The fourth-order valence-electron chi connectivity index (χ4n) is 3.01. The van der Waals surface area contributed by atoms with E-state index in [0.29, 0.717) is 0 Å². The fraction of sp³-hybridized carbons (Fsp3) is 0.238. The van der Waals surface area contributed by atoms with E-state index in [-0.39, 0.29) is 5.41 Å². The Morgan fingerprint density at radius 2 is 1.73 bits per heavy atom. The van der Waals surface area contributed by atoms with Crippen LogP contribution in [0.5, 0.6) is 0 Å². The normalized spacial score (nSPS) is 20.8. The number of aryl methyl sites for hydroxylation is 1. The number of allylic oxidation sites excluding steroid dienone is 4. The summed E-state index contributed by atoms with van der Waals surface area (Å²) < 4.78 is 1.28. The van der Waals surface area contributed by atoms with Crippen molar-refractivity contribution in [3.05, 3.63) is 81.0 Å². The van der Waals surface area contributed by atoms with Gasteiger partial charge >= 0.3 is 0 Å². The Labute approximate surface area is 147 Å². The van der Waals surface area contributed by atoms with Crippen molar-refractivity contribution in [2.75, 3.05) is 0 Å². The van der Waals surface area contributed by atoms with Gasteiger partial charge in [0.15, 0.2) is 0 Å². The Hall–Kier alpha value is -1.35. The second kappa shape index (κ2) is 6.04. The molecule has 1 atom stereocenters. The minimum Gasteiger partial charge on any atom is -0.0804 e. The molecule has 1 heteroatoms. The predicted octanol–water partition coefficient (Wildman–Crippen LogP) is 6.43. The molecule has 2 aromatic carbocycles. The monoisotopic (exact) mass is 400 g/mol. The number of benzene rings is 2. The molecule has 0 aromatic heterocycles. The molecule has 3 rings (SSSR count). The summed E-state index contributed by atoms with van der Waals surface area (Å²) in [5.41, 5.74) is 6.81. The summed E-state index contributed by atoms with van der Waals surface area (Å²) in [5.74, 6) is 0. The number of rotatable bonds is 2. The van der Waals surface area contributed by atoms with Crippen molar-refractivity contribution in [3.8, 4) is 11.1 Å². The highest BCUT2D eigenvalue weighted by Crippen LogP contribution is 2.40. The maximum absolute atomic E-state index is 2.40. The molecule has 22 heavy (non-hydrogen) atoms. The summed E-state index contributed by atoms with van der Waals surface area (Å²) in [6.07, 6.45) is 8.02. The van der Waals surface area contributed by atoms with Gasteiger partial charge in [-0.3, -0.25) is 0 Å². The van der Waals surface area contributed by atoms with Crippen LogP contribution in [0.15, 0.2) is 66.3 Å². The molecule has 0 saturated carbocycles. The van der Waals surface area contributed by atoms with Gasteiger partial charge < -0.3 is 0 Å². The Morgan fingerprint density at radius 1 is 1.00 bits per heavy atom. The molecule has 0 radical (unpaired) electrons. The molecule has 0 bridgehead atoms. The first-order valence-corrected chi connectivity index (χ1v) is 8.79. The van der Waals surface area contributed by atoms with E-state index in [9.17, 15) is 0 Å². The zero-order valence-electron chi connectivity index (χ0n) is 13.4. The highest BCUT2D eigenvalue weighted by molar-refractivity contribution is 14.1. The minimum absolute atomic E-state index is 0.0735. The average Bonchev–Trinajstić information content (AvgIpc) is 2.51. The standard InChI is InChI=1S/C21H21I/c1-15-4-6-17(7-5-15)19-14-18(22)8-9-20(19)21(3)12-10-16(2)11-13-21/h4-12,14H,13H2,1-3H3/t21-/m1/s1. The number of halogens is 1. The van der Waals surface area contributed by atoms with E-state index in [0.717, 1.165) is 6.42 Å². The van der Waals surface area contributed by atoms with E-state index in [4.69, 9.17) is 0 Å². The topological polar surface area (TPSA) is 0 Å². The quantitative estimate of drug-likeness (QED) is 0.510. The van der Waals surface area contributed by atoms with Crippen LogP contribution >= 0.6 is 22.6 Å². The van der Waals surface area contributed by atoms with Crippen LogP contribution < -0.4 is 0 Å². The lowest BCUT2D eigenvalue weighted by atomic mass is 9.73. The van der Waals surface area contributed by atoms with E-state index >= 15 is 0 Å². The predicted molar refractivity (Wildman–Crippen MR) is 104 cm³/mol. The second-order valence-electron chi connectivity index (χ2n) is 6.46. The van der Waals surface area contributed by atoms with E-state index in [1.54, 1.807) is 0 Å². The molecule has 1 aliphatic carbocycles. The van der Waals surface area contributed by atoms with Gasteiger partial charge in [0.1, 0.15) is 0 Å². The lowest BCUT2D eigenvalue weighted by Crippen LogP contribution is -2.21. The molecule has 0 aliphatic heterocycles. The van der Waals surface area contributed by atoms with Crippen LogP contribution in [-0.2, 0) is 5.41 Å². The zero-order valence-corrected chi connectivity index (χ0v) is 15.5. The molecule has 112 valence electrons. The van der Waals surface area contributed by atoms with Crippen LogP contribution in [0, 0.1) is 10.5 Å². The second-order valence-corrected chi connectivity index (χ2v) is 7.70. The fourth-order valence-corrected chi connectivity index (χ4v) is 3.50. The van der Waals surface area contributed by atoms with E-state index in [1.807, 2.05) is 0 Å². The van der Waals surface area contributed by atoms with E-state index < -0.39 is 0 Å². The third-order valence-corrected chi connectivity index (χ3v) is 5.19. The lowest BCUT2D eigenvalue weighted by molar-refractivity contribution is 0.598. The van der Waals surface area contributed by atoms with Gasteiger partial charge in [-0.2, -0.15) is 0 Å². The van der Waals surface area contributed by atoms with Gasteiger partial charge in [0, 0.05) is 8.99 Å². The average molecular weight is 400 g/mol. The van der Waals surface area contributed by atoms with E-state index in [2.05, 4.69) is 104 Å². The number of hydrogen-bond donors (Lipinski definition) is 0. The first kappa shape index (κ1) is 15.5. The molecule has 0 heterocycles. The van der Waals surface area contributed by atoms with Gasteiger partial charge in [-0.05, 0) is 71.7 Å². The first-order chi connectivity index (χ1) is 10.5. The molecule has 0 fully saturated rings. The molecule has 0 amide bonds. The summed E-state index contributed by atoms with van der Waals surface area (Å²) in [7, 11) is 0. The van der Waals surface area contributed by atoms with Crippen LogP contribution in [0.3, 0.4) is 0 Å². The SMILES string of the molecule is CC1=CC[C@](C)(c2ccc(I)cc2-c2ccc(C)cc2)C=C1. The van der Waals surface area contributed by atoms with Gasteiger partial charge in [0.05, 0.1) is 0 Å². The third-order valence-electron chi connectivity index (χ3n) is 4.52. The molecule has 0 unspecified atom stereocenters. The number of hydrogen-bond acceptors (Lipinski definition) is 0. The Balaban J connectivity index is 2.13. The van der Waals surface area contributed by atoms with Crippen molar-refractivity contribution in [1.29, 1.82) is 0 Å². The Morgan fingerprint density at radius 3 is 2.36 bits per heavy atom. The summed E-state index contributed by atoms with van der Waals surface area (Å²) in [6.45, 7) is 6.65. The summed E-state index contributed by atoms with van der Waals surface area (Å²) in [5, 5.41) is 0. The minimum atomic E-state index is 0.0735. The van der Waals surface area contributed by atoms with Crippen LogP contribution in [0.25, 0.3) is 11.1 Å². The smallest absolute Gasteiger partial charge is 0.0147 e. The molecular formula is C21H21I. The van der Waals surface area contributed by atoms with Gasteiger partial charge in [-0.25, -0.2) is 0 Å². The lowest BCUT2D eigenvalue weighted by Gasteiger charge is -2.31.